The number of aromatic amines is 1. The maximum atomic E-state index is 11.4. The van der Waals surface area contributed by atoms with Crippen LogP contribution in [0.4, 0.5) is 0 Å². The molecule has 0 amide bonds. The van der Waals surface area contributed by atoms with Gasteiger partial charge in [0.1, 0.15) is 5.52 Å². The Morgan fingerprint density at radius 2 is 2.31 bits per heavy atom. The van der Waals surface area contributed by atoms with Gasteiger partial charge in [0.05, 0.1) is 0 Å². The molecule has 2 aromatic heterocycles. The highest BCUT2D eigenvalue weighted by molar-refractivity contribution is 6.17. The van der Waals surface area contributed by atoms with Crippen molar-refractivity contribution >= 4 is 22.5 Å². The minimum Gasteiger partial charge on any atom is -0.342 e. The molecule has 2 heterocycles. The first-order valence-corrected chi connectivity index (χ1v) is 4.59. The number of H-pyrrole nitrogens is 1. The van der Waals surface area contributed by atoms with Crippen LogP contribution >= 0.6 is 11.6 Å². The fourth-order valence-electron chi connectivity index (χ4n) is 1.44. The fraction of sp³-hybridized carbons (Fsp3) is 0.222. The third-order valence-corrected chi connectivity index (χ3v) is 2.18. The van der Waals surface area contributed by atoms with Crippen LogP contribution in [-0.2, 0) is 6.54 Å². The lowest BCUT2D eigenvalue weighted by Crippen LogP contribution is -2.10. The van der Waals surface area contributed by atoms with Gasteiger partial charge in [-0.1, -0.05) is 0 Å². The van der Waals surface area contributed by atoms with Crippen LogP contribution in [0.1, 0.15) is 0 Å². The number of hydrogen-bond donors (Lipinski definition) is 1. The monoisotopic (exact) mass is 196 g/mol. The number of alkyl halides is 1. The van der Waals surface area contributed by atoms with E-state index in [1.807, 2.05) is 22.9 Å². The van der Waals surface area contributed by atoms with E-state index in [-0.39, 0.29) is 5.56 Å². The lowest BCUT2D eigenvalue weighted by Gasteiger charge is -1.99. The minimum atomic E-state index is -0.0624. The molecule has 0 aliphatic rings. The second-order valence-electron chi connectivity index (χ2n) is 2.81. The van der Waals surface area contributed by atoms with E-state index in [9.17, 15) is 4.79 Å². The lowest BCUT2D eigenvalue weighted by molar-refractivity contribution is 0.799. The van der Waals surface area contributed by atoms with Gasteiger partial charge in [-0.3, -0.25) is 4.79 Å². The van der Waals surface area contributed by atoms with Crippen LogP contribution in [0.2, 0.25) is 0 Å². The number of rotatable bonds is 2. The van der Waals surface area contributed by atoms with Crippen molar-refractivity contribution in [3.05, 3.63) is 34.9 Å². The molecule has 3 nitrogen and oxygen atoms in total. The van der Waals surface area contributed by atoms with E-state index in [0.717, 1.165) is 5.39 Å². The van der Waals surface area contributed by atoms with Gasteiger partial charge in [-0.25, -0.2) is 0 Å². The zero-order chi connectivity index (χ0) is 9.26. The first kappa shape index (κ1) is 8.38. The number of nitrogens with one attached hydrogen (secondary N) is 1. The molecular formula is C9H9ClN2O. The number of nitrogens with zero attached hydrogens (tertiary/aromatic N) is 1. The van der Waals surface area contributed by atoms with Gasteiger partial charge >= 0.3 is 0 Å². The third-order valence-electron chi connectivity index (χ3n) is 2.01. The van der Waals surface area contributed by atoms with E-state index in [1.54, 1.807) is 6.20 Å². The van der Waals surface area contributed by atoms with Crippen LogP contribution in [0.5, 0.6) is 0 Å². The van der Waals surface area contributed by atoms with Crippen LogP contribution < -0.4 is 5.56 Å². The Morgan fingerprint density at radius 1 is 1.46 bits per heavy atom. The summed E-state index contributed by atoms with van der Waals surface area (Å²) in [7, 11) is 0. The summed E-state index contributed by atoms with van der Waals surface area (Å²) >= 11 is 5.61. The van der Waals surface area contributed by atoms with E-state index in [1.165, 1.54) is 0 Å². The zero-order valence-corrected chi connectivity index (χ0v) is 7.71. The van der Waals surface area contributed by atoms with Crippen LogP contribution in [0.3, 0.4) is 0 Å². The van der Waals surface area contributed by atoms with E-state index in [2.05, 4.69) is 4.98 Å². The van der Waals surface area contributed by atoms with E-state index >= 15 is 0 Å². The molecule has 0 radical (unpaired) electrons. The average Bonchev–Trinajstić information content (AvgIpc) is 2.51. The molecule has 68 valence electrons. The maximum absolute atomic E-state index is 11.4. The zero-order valence-electron chi connectivity index (χ0n) is 6.96. The molecule has 0 atom stereocenters. The Morgan fingerprint density at radius 3 is 3.08 bits per heavy atom. The number of fused-ring (bicyclic) bond motifs is 1. The Hall–Kier alpha value is -1.22. The van der Waals surface area contributed by atoms with Crippen LogP contribution in [0, 0.1) is 0 Å². The van der Waals surface area contributed by atoms with Crippen molar-refractivity contribution in [2.75, 3.05) is 5.88 Å². The summed E-state index contributed by atoms with van der Waals surface area (Å²) in [5, 5.41) is 0.953. The van der Waals surface area contributed by atoms with Crippen LogP contribution in [-0.4, -0.2) is 15.4 Å². The fourth-order valence-corrected chi connectivity index (χ4v) is 1.62. The van der Waals surface area contributed by atoms with Crippen molar-refractivity contribution in [1.82, 2.24) is 9.55 Å². The summed E-state index contributed by atoms with van der Waals surface area (Å²) in [6.07, 6.45) is 3.53. The molecule has 4 heteroatoms. The largest absolute Gasteiger partial charge is 0.342 e. The average molecular weight is 197 g/mol. The molecule has 0 bridgehead atoms. The normalized spacial score (nSPS) is 10.8. The standard InChI is InChI=1S/C9H9ClN2O/c10-3-6-12-5-2-7-1-4-11-9(13)8(7)12/h1-2,4-5H,3,6H2,(H,11,13). The molecule has 0 aliphatic heterocycles. The highest BCUT2D eigenvalue weighted by Crippen LogP contribution is 2.09. The SMILES string of the molecule is O=c1[nH]ccc2ccn(CCCl)c12. The van der Waals surface area contributed by atoms with Gasteiger partial charge in [0, 0.05) is 30.2 Å². The molecule has 0 spiro atoms. The van der Waals surface area contributed by atoms with Gasteiger partial charge < -0.3 is 9.55 Å². The molecular weight excluding hydrogens is 188 g/mol. The number of hydrogen-bond acceptors (Lipinski definition) is 1. The van der Waals surface area contributed by atoms with Gasteiger partial charge in [0.2, 0.25) is 0 Å². The topological polar surface area (TPSA) is 37.8 Å². The van der Waals surface area contributed by atoms with E-state index < -0.39 is 0 Å². The number of halogens is 1. The molecule has 1 N–H and O–H groups in total. The van der Waals surface area contributed by atoms with Crippen molar-refractivity contribution in [2.24, 2.45) is 0 Å². The maximum Gasteiger partial charge on any atom is 0.272 e. The van der Waals surface area contributed by atoms with E-state index in [0.29, 0.717) is 17.9 Å². The number of aryl methyl sites for hydroxylation is 1. The Balaban J connectivity index is 2.71. The van der Waals surface area contributed by atoms with E-state index in [4.69, 9.17) is 11.6 Å². The minimum absolute atomic E-state index is 0.0624. The van der Waals surface area contributed by atoms with Crippen molar-refractivity contribution in [1.29, 1.82) is 0 Å². The summed E-state index contributed by atoms with van der Waals surface area (Å²) < 4.78 is 1.86. The summed E-state index contributed by atoms with van der Waals surface area (Å²) in [6.45, 7) is 0.665. The molecule has 0 fully saturated rings. The van der Waals surface area contributed by atoms with Crippen molar-refractivity contribution in [2.45, 2.75) is 6.54 Å². The first-order chi connectivity index (χ1) is 6.33. The molecule has 2 aromatic rings. The Kier molecular flexibility index (Phi) is 2.10. The highest BCUT2D eigenvalue weighted by Gasteiger charge is 2.02. The van der Waals surface area contributed by atoms with Gasteiger partial charge in [0.25, 0.3) is 5.56 Å². The van der Waals surface area contributed by atoms with Crippen molar-refractivity contribution in [3.63, 3.8) is 0 Å². The Labute approximate surface area is 79.9 Å². The predicted octanol–water partition coefficient (Wildman–Crippen LogP) is 1.57. The summed E-state index contributed by atoms with van der Waals surface area (Å²) in [5.41, 5.74) is 0.635. The van der Waals surface area contributed by atoms with Gasteiger partial charge in [-0.05, 0) is 12.1 Å². The second kappa shape index (κ2) is 3.26. The predicted molar refractivity (Wildman–Crippen MR) is 53.3 cm³/mol. The lowest BCUT2D eigenvalue weighted by atomic mass is 10.3. The number of aromatic nitrogens is 2. The molecule has 0 aromatic carbocycles. The molecule has 0 unspecified atom stereocenters. The Bertz CT molecular complexity index is 472. The second-order valence-corrected chi connectivity index (χ2v) is 3.19. The summed E-state index contributed by atoms with van der Waals surface area (Å²) in [5.74, 6) is 0.512. The van der Waals surface area contributed by atoms with Gasteiger partial charge in [-0.2, -0.15) is 0 Å². The summed E-state index contributed by atoms with van der Waals surface area (Å²) in [6, 6.07) is 3.79. The van der Waals surface area contributed by atoms with Crippen LogP contribution in [0.15, 0.2) is 29.3 Å². The first-order valence-electron chi connectivity index (χ1n) is 4.05. The third kappa shape index (κ3) is 1.35. The smallest absolute Gasteiger partial charge is 0.272 e. The van der Waals surface area contributed by atoms with Gasteiger partial charge in [-0.15, -0.1) is 11.6 Å². The van der Waals surface area contributed by atoms with Crippen molar-refractivity contribution in [3.8, 4) is 0 Å². The quantitative estimate of drug-likeness (QED) is 0.728. The molecule has 13 heavy (non-hydrogen) atoms. The molecule has 0 saturated heterocycles. The molecule has 0 saturated carbocycles. The molecule has 2 rings (SSSR count). The van der Waals surface area contributed by atoms with Gasteiger partial charge in [0.15, 0.2) is 0 Å². The molecule has 0 aliphatic carbocycles. The van der Waals surface area contributed by atoms with Crippen LogP contribution in [0.25, 0.3) is 10.9 Å². The van der Waals surface area contributed by atoms with Crippen molar-refractivity contribution < 1.29 is 0 Å². The summed E-state index contributed by atoms with van der Waals surface area (Å²) in [4.78, 5) is 14.1. The number of pyridine rings is 1. The highest BCUT2D eigenvalue weighted by atomic mass is 35.5.